The largest absolute Gasteiger partial charge is 0.378 e. The second-order valence-electron chi connectivity index (χ2n) is 5.58. The molecule has 2 rings (SSSR count). The summed E-state index contributed by atoms with van der Waals surface area (Å²) in [7, 11) is 1.62. The van der Waals surface area contributed by atoms with Crippen molar-refractivity contribution in [2.45, 2.75) is 34.3 Å². The van der Waals surface area contributed by atoms with E-state index in [4.69, 9.17) is 4.74 Å². The highest BCUT2D eigenvalue weighted by atomic mass is 32.1. The molecule has 2 aromatic rings. The number of amides is 1. The molecular weight excluding hydrogens is 322 g/mol. The van der Waals surface area contributed by atoms with Crippen molar-refractivity contribution in [1.82, 2.24) is 4.98 Å². The number of thiazole rings is 1. The summed E-state index contributed by atoms with van der Waals surface area (Å²) in [5.41, 5.74) is 3.79. The summed E-state index contributed by atoms with van der Waals surface area (Å²) in [4.78, 5) is 19.8. The molecule has 0 saturated heterocycles. The summed E-state index contributed by atoms with van der Waals surface area (Å²) in [6.45, 7) is 10.5. The first kappa shape index (κ1) is 18.4. The molecule has 0 atom stereocenters. The van der Waals surface area contributed by atoms with Crippen LogP contribution in [0, 0.1) is 13.8 Å². The highest BCUT2D eigenvalue weighted by Gasteiger charge is 2.16. The van der Waals surface area contributed by atoms with E-state index in [2.05, 4.69) is 35.1 Å². The van der Waals surface area contributed by atoms with E-state index in [-0.39, 0.29) is 5.91 Å². The molecule has 1 heterocycles. The molecule has 0 aliphatic rings. The van der Waals surface area contributed by atoms with Gasteiger partial charge in [-0.3, -0.25) is 4.79 Å². The molecule has 0 saturated carbocycles. The SMILES string of the molecule is CCN(CC)c1ccc(NC(=O)c2sc(COC)nc2C)c(C)c1. The number of carbonyl (C=O) groups is 1. The van der Waals surface area contributed by atoms with Gasteiger partial charge < -0.3 is 15.0 Å². The Hall–Kier alpha value is -1.92. The van der Waals surface area contributed by atoms with Crippen LogP contribution in [0.1, 0.15) is 39.8 Å². The van der Waals surface area contributed by atoms with Gasteiger partial charge in [0.25, 0.3) is 5.91 Å². The maximum absolute atomic E-state index is 12.5. The Bertz CT molecular complexity index is 708. The van der Waals surface area contributed by atoms with Crippen LogP contribution >= 0.6 is 11.3 Å². The van der Waals surface area contributed by atoms with E-state index in [9.17, 15) is 4.79 Å². The monoisotopic (exact) mass is 347 g/mol. The standard InChI is InChI=1S/C18H25N3O2S/c1-6-21(7-2)14-8-9-15(12(3)10-14)20-18(22)17-13(4)19-16(24-17)11-23-5/h8-10H,6-7,11H2,1-5H3,(H,20,22). The van der Waals surface area contributed by atoms with E-state index in [0.717, 1.165) is 35.0 Å². The normalized spacial score (nSPS) is 10.7. The molecule has 0 fully saturated rings. The molecular formula is C18H25N3O2S. The number of rotatable bonds is 7. The Morgan fingerprint density at radius 1 is 1.29 bits per heavy atom. The summed E-state index contributed by atoms with van der Waals surface area (Å²) in [5.74, 6) is -0.119. The fraction of sp³-hybridized carbons (Fsp3) is 0.444. The van der Waals surface area contributed by atoms with Crippen LogP contribution in [0.3, 0.4) is 0 Å². The number of aryl methyl sites for hydroxylation is 2. The predicted molar refractivity (Wildman–Crippen MR) is 100 cm³/mol. The third kappa shape index (κ3) is 4.13. The van der Waals surface area contributed by atoms with Gasteiger partial charge >= 0.3 is 0 Å². The molecule has 1 N–H and O–H groups in total. The van der Waals surface area contributed by atoms with E-state index in [1.165, 1.54) is 17.0 Å². The molecule has 0 aliphatic carbocycles. The number of benzene rings is 1. The summed E-state index contributed by atoms with van der Waals surface area (Å²) in [6.07, 6.45) is 0. The van der Waals surface area contributed by atoms with Gasteiger partial charge in [0.1, 0.15) is 9.88 Å². The third-order valence-electron chi connectivity index (χ3n) is 3.90. The highest BCUT2D eigenvalue weighted by Crippen LogP contribution is 2.25. The molecule has 24 heavy (non-hydrogen) atoms. The summed E-state index contributed by atoms with van der Waals surface area (Å²) in [6, 6.07) is 6.12. The molecule has 1 aromatic carbocycles. The van der Waals surface area contributed by atoms with Crippen LogP contribution in [0.15, 0.2) is 18.2 Å². The molecule has 0 unspecified atom stereocenters. The van der Waals surface area contributed by atoms with Gasteiger partial charge in [0.05, 0.1) is 12.3 Å². The number of nitrogens with zero attached hydrogens (tertiary/aromatic N) is 2. The fourth-order valence-electron chi connectivity index (χ4n) is 2.60. The third-order valence-corrected chi connectivity index (χ3v) is 5.03. The zero-order valence-corrected chi connectivity index (χ0v) is 15.8. The molecule has 1 amide bonds. The second-order valence-corrected chi connectivity index (χ2v) is 6.66. The number of hydrogen-bond donors (Lipinski definition) is 1. The van der Waals surface area contributed by atoms with E-state index in [1.54, 1.807) is 7.11 Å². The number of aromatic nitrogens is 1. The quantitative estimate of drug-likeness (QED) is 0.822. The van der Waals surface area contributed by atoms with Crippen LogP contribution in [0.4, 0.5) is 11.4 Å². The first-order valence-corrected chi connectivity index (χ1v) is 8.93. The van der Waals surface area contributed by atoms with Crippen LogP contribution in [0.5, 0.6) is 0 Å². The van der Waals surface area contributed by atoms with Gasteiger partial charge in [0.15, 0.2) is 0 Å². The minimum absolute atomic E-state index is 0.119. The van der Waals surface area contributed by atoms with Crippen molar-refractivity contribution in [3.05, 3.63) is 39.3 Å². The number of carbonyl (C=O) groups excluding carboxylic acids is 1. The van der Waals surface area contributed by atoms with Crippen LogP contribution in [0.25, 0.3) is 0 Å². The lowest BCUT2D eigenvalue weighted by Crippen LogP contribution is -2.22. The zero-order chi connectivity index (χ0) is 17.7. The van der Waals surface area contributed by atoms with Gasteiger partial charge in [0.2, 0.25) is 0 Å². The van der Waals surface area contributed by atoms with Crippen molar-refractivity contribution in [2.24, 2.45) is 0 Å². The van der Waals surface area contributed by atoms with Gasteiger partial charge in [-0.2, -0.15) is 0 Å². The molecule has 0 spiro atoms. The number of anilines is 2. The van der Waals surface area contributed by atoms with E-state index in [1.807, 2.05) is 26.0 Å². The van der Waals surface area contributed by atoms with Crippen LogP contribution in [-0.2, 0) is 11.3 Å². The fourth-order valence-corrected chi connectivity index (χ4v) is 3.53. The predicted octanol–water partition coefficient (Wildman–Crippen LogP) is 4.00. The summed E-state index contributed by atoms with van der Waals surface area (Å²) in [5, 5.41) is 3.81. The zero-order valence-electron chi connectivity index (χ0n) is 15.0. The molecule has 6 heteroatoms. The number of ether oxygens (including phenoxy) is 1. The van der Waals surface area contributed by atoms with Crippen molar-refractivity contribution in [1.29, 1.82) is 0 Å². The van der Waals surface area contributed by atoms with E-state index < -0.39 is 0 Å². The Morgan fingerprint density at radius 2 is 2.00 bits per heavy atom. The summed E-state index contributed by atoms with van der Waals surface area (Å²) < 4.78 is 5.08. The van der Waals surface area contributed by atoms with Crippen LogP contribution < -0.4 is 10.2 Å². The van der Waals surface area contributed by atoms with Crippen molar-refractivity contribution in [3.63, 3.8) is 0 Å². The van der Waals surface area contributed by atoms with Gasteiger partial charge in [0, 0.05) is 31.6 Å². The minimum atomic E-state index is -0.119. The lowest BCUT2D eigenvalue weighted by molar-refractivity contribution is 0.102. The topological polar surface area (TPSA) is 54.5 Å². The van der Waals surface area contributed by atoms with E-state index >= 15 is 0 Å². The van der Waals surface area contributed by atoms with Gasteiger partial charge in [-0.15, -0.1) is 11.3 Å². The van der Waals surface area contributed by atoms with Crippen LogP contribution in [-0.4, -0.2) is 31.1 Å². The first-order chi connectivity index (χ1) is 11.5. The lowest BCUT2D eigenvalue weighted by atomic mass is 10.1. The van der Waals surface area contributed by atoms with E-state index in [0.29, 0.717) is 11.5 Å². The Balaban J connectivity index is 2.17. The highest BCUT2D eigenvalue weighted by molar-refractivity contribution is 7.13. The molecule has 0 bridgehead atoms. The molecule has 5 nitrogen and oxygen atoms in total. The Morgan fingerprint density at radius 3 is 2.58 bits per heavy atom. The van der Waals surface area contributed by atoms with Gasteiger partial charge in [-0.05, 0) is 51.5 Å². The first-order valence-electron chi connectivity index (χ1n) is 8.12. The summed E-state index contributed by atoms with van der Waals surface area (Å²) >= 11 is 1.38. The van der Waals surface area contributed by atoms with Crippen molar-refractivity contribution in [3.8, 4) is 0 Å². The van der Waals surface area contributed by atoms with Crippen molar-refractivity contribution >= 4 is 28.6 Å². The molecule has 130 valence electrons. The Kier molecular flexibility index (Phi) is 6.34. The van der Waals surface area contributed by atoms with Crippen LogP contribution in [0.2, 0.25) is 0 Å². The molecule has 1 aromatic heterocycles. The Labute approximate surface area is 147 Å². The second kappa shape index (κ2) is 8.26. The maximum Gasteiger partial charge on any atom is 0.267 e. The average Bonchev–Trinajstić information content (AvgIpc) is 2.92. The number of nitrogens with one attached hydrogen (secondary N) is 1. The van der Waals surface area contributed by atoms with Crippen molar-refractivity contribution < 1.29 is 9.53 Å². The van der Waals surface area contributed by atoms with Crippen molar-refractivity contribution in [2.75, 3.05) is 30.4 Å². The number of methoxy groups -OCH3 is 1. The smallest absolute Gasteiger partial charge is 0.267 e. The lowest BCUT2D eigenvalue weighted by Gasteiger charge is -2.22. The van der Waals surface area contributed by atoms with Gasteiger partial charge in [-0.25, -0.2) is 4.98 Å². The molecule has 0 aliphatic heterocycles. The minimum Gasteiger partial charge on any atom is -0.378 e. The molecule has 0 radical (unpaired) electrons. The average molecular weight is 347 g/mol. The number of hydrogen-bond acceptors (Lipinski definition) is 5. The van der Waals surface area contributed by atoms with Gasteiger partial charge in [-0.1, -0.05) is 0 Å². The maximum atomic E-state index is 12.5.